The molecule has 3 atom stereocenters. The summed E-state index contributed by atoms with van der Waals surface area (Å²) in [6.45, 7) is 3.09. The third-order valence-corrected chi connectivity index (χ3v) is 7.46. The second kappa shape index (κ2) is 10.1. The number of carbonyl (C=O) groups excluding carboxylic acids is 3. The molecule has 3 unspecified atom stereocenters. The fourth-order valence-electron chi connectivity index (χ4n) is 5.46. The van der Waals surface area contributed by atoms with Gasteiger partial charge in [0.2, 0.25) is 18.0 Å². The third kappa shape index (κ3) is 4.61. The highest BCUT2D eigenvalue weighted by molar-refractivity contribution is 5.99. The maximum atomic E-state index is 14.1. The summed E-state index contributed by atoms with van der Waals surface area (Å²) in [7, 11) is 0. The number of amides is 2. The Hall–Kier alpha value is -4.29. The molecule has 1 saturated heterocycles. The van der Waals surface area contributed by atoms with Gasteiger partial charge >= 0.3 is 0 Å². The van der Waals surface area contributed by atoms with Crippen molar-refractivity contribution >= 4 is 24.0 Å². The van der Waals surface area contributed by atoms with Crippen LogP contribution in [0.3, 0.4) is 0 Å². The molecule has 4 heterocycles. The number of oxime groups is 1. The molecule has 0 saturated carbocycles. The Balaban J connectivity index is 1.60. The lowest BCUT2D eigenvalue weighted by molar-refractivity contribution is -0.134. The van der Waals surface area contributed by atoms with Gasteiger partial charge in [0.25, 0.3) is 18.3 Å². The van der Waals surface area contributed by atoms with Gasteiger partial charge in [-0.05, 0) is 32.8 Å². The Morgan fingerprint density at radius 1 is 1.33 bits per heavy atom. The average Bonchev–Trinajstić information content (AvgIpc) is 3.23. The Bertz CT molecular complexity index is 1440. The summed E-state index contributed by atoms with van der Waals surface area (Å²) in [6, 6.07) is 2.20. The number of aromatic nitrogens is 1. The predicted molar refractivity (Wildman–Crippen MR) is 131 cm³/mol. The summed E-state index contributed by atoms with van der Waals surface area (Å²) in [4.78, 5) is 58.7. The summed E-state index contributed by atoms with van der Waals surface area (Å²) in [5.74, 6) is -3.44. The molecule has 39 heavy (non-hydrogen) atoms. The topological polar surface area (TPSA) is 129 Å². The van der Waals surface area contributed by atoms with E-state index in [2.05, 4.69) is 15.2 Å². The van der Waals surface area contributed by atoms with Crippen LogP contribution < -0.4 is 15.5 Å². The zero-order chi connectivity index (χ0) is 27.9. The van der Waals surface area contributed by atoms with Crippen molar-refractivity contribution in [1.29, 1.82) is 0 Å². The smallest absolute Gasteiger partial charge is 0.295 e. The van der Waals surface area contributed by atoms with Gasteiger partial charge in [-0.15, -0.1) is 0 Å². The van der Waals surface area contributed by atoms with E-state index in [0.29, 0.717) is 25.3 Å². The van der Waals surface area contributed by atoms with Gasteiger partial charge in [-0.1, -0.05) is 11.2 Å². The monoisotopic (exact) mass is 544 g/mol. The summed E-state index contributed by atoms with van der Waals surface area (Å²) in [6.07, 6.45) is 2.93. The van der Waals surface area contributed by atoms with Crippen molar-refractivity contribution in [2.75, 3.05) is 13.3 Å². The van der Waals surface area contributed by atoms with E-state index >= 15 is 0 Å². The maximum absolute atomic E-state index is 14.1. The number of fused-ring (bicyclic) bond motifs is 5. The molecule has 3 aliphatic rings. The molecule has 206 valence electrons. The molecule has 2 amide bonds. The number of nitrogens with zero attached hydrogens (tertiary/aromatic N) is 3. The minimum Gasteiger partial charge on any atom is -0.451 e. The molecule has 5 rings (SSSR count). The first-order valence-electron chi connectivity index (χ1n) is 12.4. The average molecular weight is 545 g/mol. The zero-order valence-electron chi connectivity index (χ0n) is 21.2. The van der Waals surface area contributed by atoms with E-state index in [-0.39, 0.29) is 42.4 Å². The number of carbonyl (C=O) groups is 3. The molecule has 3 aliphatic heterocycles. The van der Waals surface area contributed by atoms with Gasteiger partial charge in [0, 0.05) is 43.4 Å². The Kier molecular flexibility index (Phi) is 6.83. The molecule has 1 aromatic heterocycles. The number of hydrogen-bond acceptors (Lipinski definition) is 8. The standard InChI is InChI=1S/C26H26F2N4O7/c1-14-8-26(39-30-14)6-5-15(2)31-11-20(26)32-10-18(22(34)23(21(32)25(31)36)38-13-37-12-33)24(35)29-9-16-3-4-17(27)7-19(16)28/h3-4,7,10,12,15,20H,5-6,8-9,11,13H2,1-2H3,(H,29,35). The van der Waals surface area contributed by atoms with Gasteiger partial charge in [-0.2, -0.15) is 0 Å². The van der Waals surface area contributed by atoms with Crippen LogP contribution >= 0.6 is 0 Å². The first kappa shape index (κ1) is 26.3. The van der Waals surface area contributed by atoms with E-state index < -0.39 is 53.1 Å². The minimum atomic E-state index is -0.914. The van der Waals surface area contributed by atoms with Gasteiger partial charge in [0.05, 0.1) is 11.8 Å². The van der Waals surface area contributed by atoms with E-state index in [9.17, 15) is 28.0 Å². The molecule has 1 fully saturated rings. The fraction of sp³-hybridized carbons (Fsp3) is 0.423. The van der Waals surface area contributed by atoms with Crippen LogP contribution in [0.5, 0.6) is 5.75 Å². The Morgan fingerprint density at radius 2 is 2.13 bits per heavy atom. The van der Waals surface area contributed by atoms with E-state index in [1.807, 2.05) is 13.8 Å². The maximum Gasteiger partial charge on any atom is 0.295 e. The largest absolute Gasteiger partial charge is 0.451 e. The second-order valence-corrected chi connectivity index (χ2v) is 9.92. The molecule has 13 heteroatoms. The van der Waals surface area contributed by atoms with Crippen LogP contribution in [0, 0.1) is 11.6 Å². The number of pyridine rings is 1. The molecular formula is C26H26F2N4O7. The summed E-state index contributed by atoms with van der Waals surface area (Å²) in [5.41, 5.74) is -1.46. The normalized spacial score (nSPS) is 23.4. The van der Waals surface area contributed by atoms with Crippen molar-refractivity contribution < 1.29 is 37.5 Å². The van der Waals surface area contributed by atoms with Gasteiger partial charge < -0.3 is 29.1 Å². The Labute approximate surface area is 221 Å². The number of ether oxygens (including phenoxy) is 2. The van der Waals surface area contributed by atoms with E-state index in [0.717, 1.165) is 11.8 Å². The number of benzene rings is 1. The predicted octanol–water partition coefficient (Wildman–Crippen LogP) is 2.28. The molecular weight excluding hydrogens is 518 g/mol. The summed E-state index contributed by atoms with van der Waals surface area (Å²) >= 11 is 0. The van der Waals surface area contributed by atoms with Crippen molar-refractivity contribution in [1.82, 2.24) is 14.8 Å². The lowest BCUT2D eigenvalue weighted by Crippen LogP contribution is -2.52. The summed E-state index contributed by atoms with van der Waals surface area (Å²) < 4.78 is 39.0. The highest BCUT2D eigenvalue weighted by Crippen LogP contribution is 2.46. The van der Waals surface area contributed by atoms with E-state index in [4.69, 9.17) is 9.57 Å². The summed E-state index contributed by atoms with van der Waals surface area (Å²) in [5, 5.41) is 6.63. The van der Waals surface area contributed by atoms with Crippen LogP contribution in [-0.2, 0) is 20.9 Å². The lowest BCUT2D eigenvalue weighted by atomic mass is 9.84. The van der Waals surface area contributed by atoms with Crippen molar-refractivity contribution in [3.8, 4) is 5.75 Å². The molecule has 0 radical (unpaired) electrons. The molecule has 0 aliphatic carbocycles. The van der Waals surface area contributed by atoms with Crippen molar-refractivity contribution in [2.45, 2.75) is 57.3 Å². The van der Waals surface area contributed by atoms with Crippen LogP contribution in [0.15, 0.2) is 34.3 Å². The van der Waals surface area contributed by atoms with Gasteiger partial charge in [-0.3, -0.25) is 19.2 Å². The highest BCUT2D eigenvalue weighted by atomic mass is 19.1. The fourth-order valence-corrected chi connectivity index (χ4v) is 5.46. The quantitative estimate of drug-likeness (QED) is 0.322. The number of halogens is 2. The SMILES string of the molecule is CC1=NOC2(CCC(C)N3CC2n2cc(C(=O)NCc4ccc(F)cc4F)c(=O)c(OCOC=O)c2C3=O)C1. The number of nitrogens with one attached hydrogen (secondary N) is 1. The van der Waals surface area contributed by atoms with Crippen molar-refractivity contribution in [3.05, 3.63) is 63.1 Å². The first-order valence-corrected chi connectivity index (χ1v) is 12.4. The zero-order valence-corrected chi connectivity index (χ0v) is 21.2. The molecule has 1 spiro atoms. The minimum absolute atomic E-state index is 0.00757. The Morgan fingerprint density at radius 3 is 2.82 bits per heavy atom. The van der Waals surface area contributed by atoms with E-state index in [1.54, 1.807) is 4.90 Å². The van der Waals surface area contributed by atoms with Crippen LogP contribution in [-0.4, -0.2) is 58.4 Å². The van der Waals surface area contributed by atoms with Crippen LogP contribution in [0.4, 0.5) is 8.78 Å². The highest BCUT2D eigenvalue weighted by Gasteiger charge is 2.53. The van der Waals surface area contributed by atoms with Crippen LogP contribution in [0.1, 0.15) is 65.6 Å². The first-order chi connectivity index (χ1) is 18.6. The number of hydrogen-bond donors (Lipinski definition) is 1. The molecule has 1 N–H and O–H groups in total. The van der Waals surface area contributed by atoms with Crippen LogP contribution in [0.25, 0.3) is 0 Å². The molecule has 1 aromatic carbocycles. The van der Waals surface area contributed by atoms with Crippen LogP contribution in [0.2, 0.25) is 0 Å². The van der Waals surface area contributed by atoms with Crippen molar-refractivity contribution in [3.63, 3.8) is 0 Å². The molecule has 2 aromatic rings. The van der Waals surface area contributed by atoms with Gasteiger partial charge in [0.15, 0.2) is 11.3 Å². The van der Waals surface area contributed by atoms with Crippen molar-refractivity contribution in [2.24, 2.45) is 5.16 Å². The van der Waals surface area contributed by atoms with Gasteiger partial charge in [-0.25, -0.2) is 8.78 Å². The molecule has 11 nitrogen and oxygen atoms in total. The van der Waals surface area contributed by atoms with Gasteiger partial charge in [0.1, 0.15) is 17.2 Å². The number of rotatable bonds is 7. The van der Waals surface area contributed by atoms with E-state index in [1.165, 1.54) is 16.8 Å². The molecule has 2 bridgehead atoms. The second-order valence-electron chi connectivity index (χ2n) is 9.92. The third-order valence-electron chi connectivity index (χ3n) is 7.46. The lowest BCUT2D eigenvalue weighted by Gasteiger charge is -2.42.